The molecular formula is C50H47P. The maximum absolute atomic E-state index is 2.83. The van der Waals surface area contributed by atoms with Gasteiger partial charge in [0.05, 0.1) is 0 Å². The van der Waals surface area contributed by atoms with Crippen molar-refractivity contribution >= 4 is 31.4 Å². The maximum Gasteiger partial charge on any atom is 0.0155 e. The molecule has 2 aliphatic rings. The molecule has 0 amide bonds. The van der Waals surface area contributed by atoms with Crippen LogP contribution in [0.1, 0.15) is 51.2 Å². The van der Waals surface area contributed by atoms with Crippen molar-refractivity contribution in [2.45, 2.75) is 47.0 Å². The minimum atomic E-state index is 0.0598. The Morgan fingerprint density at radius 2 is 1.27 bits per heavy atom. The van der Waals surface area contributed by atoms with Gasteiger partial charge in [0, 0.05) is 5.41 Å². The molecule has 2 aliphatic carbocycles. The van der Waals surface area contributed by atoms with E-state index in [0.29, 0.717) is 0 Å². The van der Waals surface area contributed by atoms with Gasteiger partial charge in [0.1, 0.15) is 0 Å². The van der Waals surface area contributed by atoms with Crippen LogP contribution in [0.25, 0.3) is 50.2 Å². The summed E-state index contributed by atoms with van der Waals surface area (Å²) < 4.78 is 0. The van der Waals surface area contributed by atoms with Crippen molar-refractivity contribution in [3.8, 4) is 33.4 Å². The number of hydrogen-bond donors (Lipinski definition) is 0. The smallest absolute Gasteiger partial charge is 0.0155 e. The van der Waals surface area contributed by atoms with E-state index in [4.69, 9.17) is 0 Å². The predicted octanol–water partition coefficient (Wildman–Crippen LogP) is 13.7. The number of fused-ring (bicyclic) bond motifs is 1. The quantitative estimate of drug-likeness (QED) is 0.159. The Balaban J connectivity index is 0.000000175. The van der Waals surface area contributed by atoms with Crippen LogP contribution in [-0.2, 0) is 0 Å². The molecular weight excluding hydrogens is 632 g/mol. The standard InChI is InChI=1S/C31H30.C19H17P/c1-4-9-27-28-12-7-8-13-29(28)31(2,3)30(27)20-22-14-16-24(17-15-22)26-19-18-23-10-5-6-11-25(23)21-26;1-14-7-9-15(10-8-14)17-11-12-19(20)18(13-17)16-5-3-2-4-6-16/h5-6,8-11,13-21H,4,7,12H2,1-3H3;2-13H,20H2,1H3/b27-9-,30-20+;. The molecule has 0 radical (unpaired) electrons. The Hall–Kier alpha value is -5.03. The van der Waals surface area contributed by atoms with E-state index in [2.05, 4.69) is 201 Å². The van der Waals surface area contributed by atoms with Gasteiger partial charge in [-0.25, -0.2) is 0 Å². The Labute approximate surface area is 307 Å². The lowest BCUT2D eigenvalue weighted by Gasteiger charge is -2.24. The molecule has 0 aliphatic heterocycles. The summed E-state index contributed by atoms with van der Waals surface area (Å²) in [6.45, 7) is 9.12. The average Bonchev–Trinajstić information content (AvgIpc) is 3.38. The van der Waals surface area contributed by atoms with Crippen LogP contribution < -0.4 is 5.30 Å². The SMILES string of the molecule is CC/C=C1/C2=C(C=CCC2)C(C)(C)/C1=C/c1ccc(-c2ccc3ccccc3c2)cc1.Cc1ccc(-c2ccc(P)c(-c3ccccc3)c2)cc1. The number of hydrogen-bond acceptors (Lipinski definition) is 0. The fourth-order valence-corrected chi connectivity index (χ4v) is 7.87. The van der Waals surface area contributed by atoms with Crippen LogP contribution in [0.3, 0.4) is 0 Å². The van der Waals surface area contributed by atoms with E-state index in [1.54, 1.807) is 5.57 Å². The van der Waals surface area contributed by atoms with Crippen LogP contribution >= 0.6 is 9.24 Å². The zero-order valence-electron chi connectivity index (χ0n) is 30.3. The highest BCUT2D eigenvalue weighted by atomic mass is 31.0. The van der Waals surface area contributed by atoms with E-state index < -0.39 is 0 Å². The molecule has 6 aromatic rings. The summed E-state index contributed by atoms with van der Waals surface area (Å²) in [5, 5.41) is 3.81. The van der Waals surface area contributed by atoms with Crippen molar-refractivity contribution in [2.75, 3.05) is 0 Å². The van der Waals surface area contributed by atoms with Crippen LogP contribution in [0.5, 0.6) is 0 Å². The van der Waals surface area contributed by atoms with Gasteiger partial charge in [-0.3, -0.25) is 0 Å². The van der Waals surface area contributed by atoms with Gasteiger partial charge in [-0.05, 0) is 116 Å². The van der Waals surface area contributed by atoms with Crippen LogP contribution in [-0.4, -0.2) is 0 Å². The number of allylic oxidation sites excluding steroid dienone is 7. The highest BCUT2D eigenvalue weighted by molar-refractivity contribution is 7.28. The highest BCUT2D eigenvalue weighted by Crippen LogP contribution is 2.53. The van der Waals surface area contributed by atoms with Crippen LogP contribution in [0.2, 0.25) is 0 Å². The first kappa shape index (κ1) is 34.4. The second kappa shape index (κ2) is 15.1. The van der Waals surface area contributed by atoms with Gasteiger partial charge in [0.15, 0.2) is 0 Å². The van der Waals surface area contributed by atoms with E-state index in [-0.39, 0.29) is 5.41 Å². The van der Waals surface area contributed by atoms with Gasteiger partial charge < -0.3 is 0 Å². The molecule has 1 atom stereocenters. The zero-order chi connectivity index (χ0) is 35.4. The van der Waals surface area contributed by atoms with Gasteiger partial charge in [-0.15, -0.1) is 9.24 Å². The monoisotopic (exact) mass is 678 g/mol. The fraction of sp³-hybridized carbons (Fsp3) is 0.160. The molecule has 0 nitrogen and oxygen atoms in total. The van der Waals surface area contributed by atoms with Gasteiger partial charge in [0.2, 0.25) is 0 Å². The second-order valence-corrected chi connectivity index (χ2v) is 14.9. The third kappa shape index (κ3) is 7.39. The van der Waals surface area contributed by atoms with Crippen LogP contribution in [0, 0.1) is 12.3 Å². The summed E-state index contributed by atoms with van der Waals surface area (Å²) in [5.41, 5.74) is 16.2. The van der Waals surface area contributed by atoms with E-state index in [9.17, 15) is 0 Å². The van der Waals surface area contributed by atoms with Crippen molar-refractivity contribution in [1.29, 1.82) is 0 Å². The first-order valence-electron chi connectivity index (χ1n) is 18.3. The second-order valence-electron chi connectivity index (χ2n) is 14.3. The van der Waals surface area contributed by atoms with Crippen molar-refractivity contribution in [1.82, 2.24) is 0 Å². The molecule has 0 spiro atoms. The maximum atomic E-state index is 2.83. The first-order valence-corrected chi connectivity index (χ1v) is 18.8. The van der Waals surface area contributed by atoms with Crippen LogP contribution in [0.15, 0.2) is 180 Å². The molecule has 252 valence electrons. The van der Waals surface area contributed by atoms with Crippen molar-refractivity contribution in [2.24, 2.45) is 5.41 Å². The Bertz CT molecular complexity index is 2290. The summed E-state index contributed by atoms with van der Waals surface area (Å²) in [6.07, 6.45) is 12.9. The lowest BCUT2D eigenvalue weighted by molar-refractivity contribution is 0.579. The van der Waals surface area contributed by atoms with E-state index in [0.717, 1.165) is 12.8 Å². The average molecular weight is 679 g/mol. The lowest BCUT2D eigenvalue weighted by atomic mass is 9.79. The molecule has 6 aromatic carbocycles. The molecule has 0 saturated carbocycles. The molecule has 51 heavy (non-hydrogen) atoms. The highest BCUT2D eigenvalue weighted by Gasteiger charge is 2.39. The normalized spacial score (nSPS) is 16.3. The Morgan fingerprint density at radius 3 is 2.00 bits per heavy atom. The van der Waals surface area contributed by atoms with Gasteiger partial charge >= 0.3 is 0 Å². The third-order valence-corrected chi connectivity index (χ3v) is 10.9. The molecule has 0 heterocycles. The largest absolute Gasteiger partial charge is 0.105 e. The third-order valence-electron chi connectivity index (χ3n) is 10.4. The van der Waals surface area contributed by atoms with Crippen molar-refractivity contribution < 1.29 is 0 Å². The summed E-state index contributed by atoms with van der Waals surface area (Å²) in [7, 11) is 2.83. The first-order chi connectivity index (χ1) is 24.8. The minimum Gasteiger partial charge on any atom is -0.105 e. The fourth-order valence-electron chi connectivity index (χ4n) is 7.53. The van der Waals surface area contributed by atoms with E-state index in [1.165, 1.54) is 83.7 Å². The van der Waals surface area contributed by atoms with Crippen LogP contribution in [0.4, 0.5) is 0 Å². The van der Waals surface area contributed by atoms with Crippen molar-refractivity contribution in [3.05, 3.63) is 191 Å². The number of aryl methyl sites for hydroxylation is 1. The predicted molar refractivity (Wildman–Crippen MR) is 226 cm³/mol. The summed E-state index contributed by atoms with van der Waals surface area (Å²) in [6, 6.07) is 50.2. The van der Waals surface area contributed by atoms with E-state index >= 15 is 0 Å². The minimum absolute atomic E-state index is 0.0598. The van der Waals surface area contributed by atoms with Gasteiger partial charge in [0.25, 0.3) is 0 Å². The number of rotatable bonds is 5. The molecule has 8 rings (SSSR count). The lowest BCUT2D eigenvalue weighted by Crippen LogP contribution is -2.12. The molecule has 1 unspecified atom stereocenters. The molecule has 0 saturated heterocycles. The van der Waals surface area contributed by atoms with E-state index in [1.807, 2.05) is 0 Å². The summed E-state index contributed by atoms with van der Waals surface area (Å²) in [5.74, 6) is 0. The molecule has 0 bridgehead atoms. The van der Waals surface area contributed by atoms with Gasteiger partial charge in [-0.2, -0.15) is 0 Å². The number of benzene rings is 6. The summed E-state index contributed by atoms with van der Waals surface area (Å²) in [4.78, 5) is 0. The molecule has 1 heteroatoms. The topological polar surface area (TPSA) is 0 Å². The Kier molecular flexibility index (Phi) is 10.2. The molecule has 0 N–H and O–H groups in total. The molecule has 0 fully saturated rings. The summed E-state index contributed by atoms with van der Waals surface area (Å²) >= 11 is 0. The Morgan fingerprint density at radius 1 is 0.647 bits per heavy atom. The zero-order valence-corrected chi connectivity index (χ0v) is 31.4. The molecule has 0 aromatic heterocycles. The van der Waals surface area contributed by atoms with Crippen molar-refractivity contribution in [3.63, 3.8) is 0 Å². The van der Waals surface area contributed by atoms with Gasteiger partial charge in [-0.1, -0.05) is 178 Å².